The van der Waals surface area contributed by atoms with Gasteiger partial charge in [-0.25, -0.2) is 0 Å². The maximum absolute atomic E-state index is 6.08. The number of aromatic nitrogens is 2. The Morgan fingerprint density at radius 2 is 1.85 bits per heavy atom. The quantitative estimate of drug-likeness (QED) is 0.681. The lowest BCUT2D eigenvalue weighted by Crippen LogP contribution is -2.36. The average molecular weight is 367 g/mol. The van der Waals surface area contributed by atoms with Gasteiger partial charge in [-0.05, 0) is 61.6 Å². The molecule has 134 valence electrons. The molecule has 4 nitrogen and oxygen atoms in total. The molecule has 2 N–H and O–H groups in total. The summed E-state index contributed by atoms with van der Waals surface area (Å²) in [5.41, 5.74) is 3.34. The van der Waals surface area contributed by atoms with Crippen LogP contribution in [0.5, 0.6) is 0 Å². The minimum atomic E-state index is 0.507. The Morgan fingerprint density at radius 1 is 1.00 bits per heavy atom. The van der Waals surface area contributed by atoms with E-state index < -0.39 is 0 Å². The molecule has 0 saturated heterocycles. The van der Waals surface area contributed by atoms with Gasteiger partial charge < -0.3 is 10.6 Å². The Kier molecular flexibility index (Phi) is 5.32. The zero-order valence-corrected chi connectivity index (χ0v) is 15.4. The molecule has 4 rings (SSSR count). The van der Waals surface area contributed by atoms with Crippen molar-refractivity contribution in [3.8, 4) is 0 Å². The predicted octanol–water partition coefficient (Wildman–Crippen LogP) is 4.80. The third kappa shape index (κ3) is 4.14. The lowest BCUT2D eigenvalue weighted by molar-refractivity contribution is 0.353. The van der Waals surface area contributed by atoms with Crippen molar-refractivity contribution in [3.63, 3.8) is 0 Å². The van der Waals surface area contributed by atoms with E-state index >= 15 is 0 Å². The molecule has 26 heavy (non-hydrogen) atoms. The molecule has 1 saturated carbocycles. The summed E-state index contributed by atoms with van der Waals surface area (Å²) < 4.78 is 0. The van der Waals surface area contributed by atoms with Gasteiger partial charge in [0.05, 0.1) is 5.52 Å². The summed E-state index contributed by atoms with van der Waals surface area (Å²) in [4.78, 5) is 8.60. The molecular weight excluding hydrogens is 344 g/mol. The second kappa shape index (κ2) is 8.02. The van der Waals surface area contributed by atoms with Crippen LogP contribution in [0.3, 0.4) is 0 Å². The summed E-state index contributed by atoms with van der Waals surface area (Å²) in [5, 5.41) is 9.24. The van der Waals surface area contributed by atoms with Crippen molar-refractivity contribution in [2.45, 2.75) is 44.3 Å². The first-order valence-corrected chi connectivity index (χ1v) is 9.59. The van der Waals surface area contributed by atoms with Gasteiger partial charge in [0.15, 0.2) is 0 Å². The van der Waals surface area contributed by atoms with E-state index in [9.17, 15) is 0 Å². The van der Waals surface area contributed by atoms with Crippen molar-refractivity contribution >= 4 is 28.2 Å². The number of benzene rings is 1. The van der Waals surface area contributed by atoms with Crippen LogP contribution in [-0.4, -0.2) is 22.1 Å². The van der Waals surface area contributed by atoms with Gasteiger partial charge >= 0.3 is 0 Å². The number of nitrogens with one attached hydrogen (secondary N) is 2. The first-order valence-electron chi connectivity index (χ1n) is 9.21. The van der Waals surface area contributed by atoms with E-state index in [-0.39, 0.29) is 0 Å². The summed E-state index contributed by atoms with van der Waals surface area (Å²) in [6.45, 7) is 0.895. The highest BCUT2D eigenvalue weighted by Crippen LogP contribution is 2.28. The molecule has 0 spiro atoms. The van der Waals surface area contributed by atoms with Gasteiger partial charge in [0.25, 0.3) is 0 Å². The van der Waals surface area contributed by atoms with Crippen LogP contribution in [0.4, 0.5) is 5.69 Å². The van der Waals surface area contributed by atoms with E-state index in [1.165, 1.54) is 31.2 Å². The lowest BCUT2D eigenvalue weighted by atomic mass is 9.90. The predicted molar refractivity (Wildman–Crippen MR) is 107 cm³/mol. The van der Waals surface area contributed by atoms with E-state index in [4.69, 9.17) is 11.6 Å². The van der Waals surface area contributed by atoms with Gasteiger partial charge in [-0.3, -0.25) is 9.97 Å². The fraction of sp³-hybridized carbons (Fsp3) is 0.333. The number of rotatable bonds is 5. The van der Waals surface area contributed by atoms with Crippen LogP contribution in [0, 0.1) is 0 Å². The zero-order valence-electron chi connectivity index (χ0n) is 14.7. The molecule has 2 aromatic heterocycles. The van der Waals surface area contributed by atoms with E-state index in [0.29, 0.717) is 12.1 Å². The molecule has 0 radical (unpaired) electrons. The number of nitrogens with zero attached hydrogens (tertiary/aromatic N) is 2. The normalized spacial score (nSPS) is 20.2. The third-order valence-electron chi connectivity index (χ3n) is 5.11. The number of pyridine rings is 2. The highest BCUT2D eigenvalue weighted by atomic mass is 35.5. The fourth-order valence-corrected chi connectivity index (χ4v) is 3.84. The number of halogens is 1. The molecule has 3 aromatic rings. The number of hydrogen-bond donors (Lipinski definition) is 2. The van der Waals surface area contributed by atoms with Gasteiger partial charge in [0, 0.05) is 53.3 Å². The van der Waals surface area contributed by atoms with Gasteiger partial charge in [0.1, 0.15) is 0 Å². The van der Waals surface area contributed by atoms with Crippen molar-refractivity contribution in [1.82, 2.24) is 15.3 Å². The van der Waals surface area contributed by atoms with Crippen molar-refractivity contribution in [2.75, 3.05) is 5.32 Å². The van der Waals surface area contributed by atoms with Gasteiger partial charge in [0.2, 0.25) is 0 Å². The highest BCUT2D eigenvalue weighted by Gasteiger charge is 2.21. The summed E-state index contributed by atoms with van der Waals surface area (Å²) in [7, 11) is 0. The minimum Gasteiger partial charge on any atom is -0.382 e. The molecule has 0 atom stereocenters. The fourth-order valence-electron chi connectivity index (χ4n) is 3.67. The van der Waals surface area contributed by atoms with Gasteiger partial charge in [-0.1, -0.05) is 17.7 Å². The first kappa shape index (κ1) is 17.3. The monoisotopic (exact) mass is 366 g/mol. The van der Waals surface area contributed by atoms with Gasteiger partial charge in [-0.15, -0.1) is 0 Å². The first-order chi connectivity index (χ1) is 12.8. The van der Waals surface area contributed by atoms with E-state index in [1.54, 1.807) is 0 Å². The minimum absolute atomic E-state index is 0.507. The summed E-state index contributed by atoms with van der Waals surface area (Å²) >= 11 is 6.08. The Balaban J connectivity index is 1.33. The second-order valence-electron chi connectivity index (χ2n) is 6.96. The maximum Gasteiger partial charge on any atom is 0.0737 e. The summed E-state index contributed by atoms with van der Waals surface area (Å²) in [5.74, 6) is 0. The zero-order chi connectivity index (χ0) is 17.8. The van der Waals surface area contributed by atoms with Crippen molar-refractivity contribution in [2.24, 2.45) is 0 Å². The molecule has 0 bridgehead atoms. The van der Waals surface area contributed by atoms with Crippen LogP contribution < -0.4 is 10.6 Å². The summed E-state index contributed by atoms with van der Waals surface area (Å²) in [6.07, 6.45) is 10.3. The van der Waals surface area contributed by atoms with Crippen LogP contribution in [0.2, 0.25) is 5.02 Å². The topological polar surface area (TPSA) is 49.8 Å². The largest absolute Gasteiger partial charge is 0.382 e. The molecule has 0 unspecified atom stereocenters. The molecule has 1 aromatic carbocycles. The molecule has 1 aliphatic rings. The van der Waals surface area contributed by atoms with Gasteiger partial charge in [-0.2, -0.15) is 0 Å². The Labute approximate surface area is 159 Å². The van der Waals surface area contributed by atoms with Crippen molar-refractivity contribution < 1.29 is 0 Å². The standard InChI is InChI=1S/C21H23ClN4/c22-16-3-8-19-20(9-11-24-21(19)12-16)26-18-6-4-17(5-7-18)25-14-15-2-1-10-23-13-15/h1-3,8-13,17-18,25H,4-7,14H2,(H,24,26). The molecule has 1 aliphatic carbocycles. The van der Waals surface area contributed by atoms with E-state index in [2.05, 4.69) is 32.7 Å². The lowest BCUT2D eigenvalue weighted by Gasteiger charge is -2.30. The second-order valence-corrected chi connectivity index (χ2v) is 7.39. The van der Waals surface area contributed by atoms with Crippen LogP contribution in [0.25, 0.3) is 10.9 Å². The Hall–Kier alpha value is -2.17. The molecule has 2 heterocycles. The van der Waals surface area contributed by atoms with Crippen LogP contribution in [0.1, 0.15) is 31.2 Å². The van der Waals surface area contributed by atoms with E-state index in [0.717, 1.165) is 28.2 Å². The number of hydrogen-bond acceptors (Lipinski definition) is 4. The molecule has 5 heteroatoms. The van der Waals surface area contributed by atoms with Crippen LogP contribution in [0.15, 0.2) is 55.0 Å². The van der Waals surface area contributed by atoms with Crippen LogP contribution in [-0.2, 0) is 6.54 Å². The SMILES string of the molecule is Clc1ccc2c(NC3CCC(NCc4cccnc4)CC3)ccnc2c1. The maximum atomic E-state index is 6.08. The smallest absolute Gasteiger partial charge is 0.0737 e. The van der Waals surface area contributed by atoms with Crippen molar-refractivity contribution in [3.05, 3.63) is 65.6 Å². The van der Waals surface area contributed by atoms with Crippen LogP contribution >= 0.6 is 11.6 Å². The highest BCUT2D eigenvalue weighted by molar-refractivity contribution is 6.31. The summed E-state index contributed by atoms with van der Waals surface area (Å²) in [6, 6.07) is 13.2. The molecule has 0 aliphatic heterocycles. The molecule has 1 fully saturated rings. The Bertz CT molecular complexity index is 860. The molecule has 0 amide bonds. The average Bonchev–Trinajstić information content (AvgIpc) is 2.68. The van der Waals surface area contributed by atoms with Crippen molar-refractivity contribution in [1.29, 1.82) is 0 Å². The number of anilines is 1. The molecular formula is C21H23ClN4. The van der Waals surface area contributed by atoms with E-state index in [1.807, 2.05) is 42.9 Å². The third-order valence-corrected chi connectivity index (χ3v) is 5.34. The Morgan fingerprint density at radius 3 is 2.65 bits per heavy atom. The number of fused-ring (bicyclic) bond motifs is 1.